The van der Waals surface area contributed by atoms with Gasteiger partial charge in [-0.25, -0.2) is 0 Å². The molecule has 1 saturated heterocycles. The van der Waals surface area contributed by atoms with E-state index in [4.69, 9.17) is 9.47 Å². The van der Waals surface area contributed by atoms with Crippen LogP contribution in [0.15, 0.2) is 24.3 Å². The summed E-state index contributed by atoms with van der Waals surface area (Å²) in [5, 5.41) is 0. The summed E-state index contributed by atoms with van der Waals surface area (Å²) in [6.07, 6.45) is 5.16. The molecule has 0 amide bonds. The first-order valence-corrected chi connectivity index (χ1v) is 7.17. The summed E-state index contributed by atoms with van der Waals surface area (Å²) in [7, 11) is 0. The van der Waals surface area contributed by atoms with Crippen molar-refractivity contribution in [2.45, 2.75) is 45.1 Å². The Bertz CT molecular complexity index is 391. The Balaban J connectivity index is 1.81. The zero-order chi connectivity index (χ0) is 13.5. The summed E-state index contributed by atoms with van der Waals surface area (Å²) < 4.78 is 11.0. The molecule has 0 aromatic heterocycles. The van der Waals surface area contributed by atoms with Gasteiger partial charge < -0.3 is 9.47 Å². The zero-order valence-corrected chi connectivity index (χ0v) is 11.6. The third-order valence-corrected chi connectivity index (χ3v) is 3.45. The minimum Gasteiger partial charge on any atom is -0.494 e. The quantitative estimate of drug-likeness (QED) is 0.735. The Morgan fingerprint density at radius 2 is 2.11 bits per heavy atom. The highest BCUT2D eigenvalue weighted by molar-refractivity contribution is 5.96. The summed E-state index contributed by atoms with van der Waals surface area (Å²) in [5.74, 6) is 1.01. The summed E-state index contributed by atoms with van der Waals surface area (Å²) in [4.78, 5) is 12.1. The third kappa shape index (κ3) is 4.35. The lowest BCUT2D eigenvalue weighted by atomic mass is 10.0. The second kappa shape index (κ2) is 7.29. The van der Waals surface area contributed by atoms with Crippen molar-refractivity contribution in [3.63, 3.8) is 0 Å². The highest BCUT2D eigenvalue weighted by atomic mass is 16.5. The first-order valence-electron chi connectivity index (χ1n) is 7.17. The van der Waals surface area contributed by atoms with Gasteiger partial charge in [-0.15, -0.1) is 0 Å². The predicted octanol–water partition coefficient (Wildman–Crippen LogP) is 3.62. The van der Waals surface area contributed by atoms with Crippen molar-refractivity contribution in [3.05, 3.63) is 29.8 Å². The molecule has 0 saturated carbocycles. The fraction of sp³-hybridized carbons (Fsp3) is 0.562. The van der Waals surface area contributed by atoms with Gasteiger partial charge in [0.15, 0.2) is 5.78 Å². The number of benzene rings is 1. The molecule has 0 spiro atoms. The van der Waals surface area contributed by atoms with Gasteiger partial charge in [0.25, 0.3) is 0 Å². The van der Waals surface area contributed by atoms with Crippen molar-refractivity contribution < 1.29 is 14.3 Å². The van der Waals surface area contributed by atoms with Gasteiger partial charge in [0, 0.05) is 18.6 Å². The minimum absolute atomic E-state index is 0.192. The molecule has 1 aliphatic heterocycles. The van der Waals surface area contributed by atoms with Gasteiger partial charge in [0.05, 0.1) is 12.7 Å². The van der Waals surface area contributed by atoms with Gasteiger partial charge in [-0.1, -0.05) is 0 Å². The van der Waals surface area contributed by atoms with Crippen molar-refractivity contribution in [1.82, 2.24) is 0 Å². The van der Waals surface area contributed by atoms with Crippen molar-refractivity contribution in [3.8, 4) is 5.75 Å². The molecule has 3 heteroatoms. The van der Waals surface area contributed by atoms with E-state index >= 15 is 0 Å². The van der Waals surface area contributed by atoms with Gasteiger partial charge in [-0.2, -0.15) is 0 Å². The number of rotatable bonds is 6. The normalized spacial score (nSPS) is 19.1. The fourth-order valence-electron chi connectivity index (χ4n) is 2.38. The van der Waals surface area contributed by atoms with Crippen LogP contribution in [0.5, 0.6) is 5.75 Å². The molecular weight excluding hydrogens is 240 g/mol. The molecule has 1 aromatic rings. The lowest BCUT2D eigenvalue weighted by Gasteiger charge is -2.22. The highest BCUT2D eigenvalue weighted by Gasteiger charge is 2.15. The van der Waals surface area contributed by atoms with E-state index in [0.29, 0.717) is 13.0 Å². The largest absolute Gasteiger partial charge is 0.494 e. The maximum absolute atomic E-state index is 12.1. The molecule has 1 unspecified atom stereocenters. The zero-order valence-electron chi connectivity index (χ0n) is 11.6. The number of hydrogen-bond acceptors (Lipinski definition) is 3. The molecule has 0 N–H and O–H groups in total. The number of ether oxygens (including phenoxy) is 2. The van der Waals surface area contributed by atoms with E-state index in [1.165, 1.54) is 6.42 Å². The topological polar surface area (TPSA) is 35.5 Å². The van der Waals surface area contributed by atoms with Gasteiger partial charge in [-0.05, 0) is 56.9 Å². The Hall–Kier alpha value is -1.35. The summed E-state index contributed by atoms with van der Waals surface area (Å²) in [6, 6.07) is 7.39. The lowest BCUT2D eigenvalue weighted by molar-refractivity contribution is 0.0104. The molecule has 0 radical (unpaired) electrons. The molecule has 2 rings (SSSR count). The standard InChI is InChI=1S/C16H22O3/c1-2-18-15-8-6-13(7-9-15)16(17)11-10-14-5-3-4-12-19-14/h6-9,14H,2-5,10-12H2,1H3. The van der Waals surface area contributed by atoms with E-state index in [1.807, 2.05) is 31.2 Å². The summed E-state index contributed by atoms with van der Waals surface area (Å²) >= 11 is 0. The lowest BCUT2D eigenvalue weighted by Crippen LogP contribution is -2.20. The Morgan fingerprint density at radius 3 is 2.74 bits per heavy atom. The molecule has 19 heavy (non-hydrogen) atoms. The van der Waals surface area contributed by atoms with Gasteiger partial charge >= 0.3 is 0 Å². The van der Waals surface area contributed by atoms with Crippen LogP contribution in [0.3, 0.4) is 0 Å². The Labute approximate surface area is 114 Å². The Kier molecular flexibility index (Phi) is 5.40. The smallest absolute Gasteiger partial charge is 0.162 e. The molecule has 1 fully saturated rings. The number of carbonyl (C=O) groups excluding carboxylic acids is 1. The maximum Gasteiger partial charge on any atom is 0.162 e. The van der Waals surface area contributed by atoms with E-state index in [0.717, 1.165) is 37.2 Å². The maximum atomic E-state index is 12.1. The van der Waals surface area contributed by atoms with Gasteiger partial charge in [0.2, 0.25) is 0 Å². The predicted molar refractivity (Wildman–Crippen MR) is 74.8 cm³/mol. The number of Topliss-reactive ketones (excluding diaryl/α,β-unsaturated/α-hetero) is 1. The van der Waals surface area contributed by atoms with E-state index in [-0.39, 0.29) is 11.9 Å². The SMILES string of the molecule is CCOc1ccc(C(=O)CCC2CCCCO2)cc1. The van der Waals surface area contributed by atoms with Crippen molar-refractivity contribution >= 4 is 5.78 Å². The van der Waals surface area contributed by atoms with Crippen molar-refractivity contribution in [2.75, 3.05) is 13.2 Å². The van der Waals surface area contributed by atoms with Crippen LogP contribution in [-0.4, -0.2) is 25.1 Å². The molecule has 1 heterocycles. The second-order valence-electron chi connectivity index (χ2n) is 4.91. The third-order valence-electron chi connectivity index (χ3n) is 3.45. The monoisotopic (exact) mass is 262 g/mol. The van der Waals surface area contributed by atoms with Gasteiger partial charge in [-0.3, -0.25) is 4.79 Å². The van der Waals surface area contributed by atoms with E-state index in [1.54, 1.807) is 0 Å². The van der Waals surface area contributed by atoms with E-state index < -0.39 is 0 Å². The van der Waals surface area contributed by atoms with Crippen molar-refractivity contribution in [2.24, 2.45) is 0 Å². The molecule has 1 atom stereocenters. The van der Waals surface area contributed by atoms with Crippen LogP contribution in [-0.2, 0) is 4.74 Å². The van der Waals surface area contributed by atoms with Crippen LogP contribution in [0.1, 0.15) is 49.4 Å². The molecular formula is C16H22O3. The van der Waals surface area contributed by atoms with Crippen LogP contribution in [0, 0.1) is 0 Å². The molecule has 0 bridgehead atoms. The Morgan fingerprint density at radius 1 is 1.32 bits per heavy atom. The number of carbonyl (C=O) groups is 1. The second-order valence-corrected chi connectivity index (χ2v) is 4.91. The van der Waals surface area contributed by atoms with E-state index in [2.05, 4.69) is 0 Å². The molecule has 0 aliphatic carbocycles. The average Bonchev–Trinajstić information content (AvgIpc) is 2.47. The molecule has 104 valence electrons. The van der Waals surface area contributed by atoms with E-state index in [9.17, 15) is 4.79 Å². The average molecular weight is 262 g/mol. The van der Waals surface area contributed by atoms with Crippen LogP contribution in [0.2, 0.25) is 0 Å². The van der Waals surface area contributed by atoms with Crippen LogP contribution >= 0.6 is 0 Å². The molecule has 1 aromatic carbocycles. The van der Waals surface area contributed by atoms with Crippen LogP contribution in [0.25, 0.3) is 0 Å². The molecule has 1 aliphatic rings. The van der Waals surface area contributed by atoms with Crippen LogP contribution < -0.4 is 4.74 Å². The fourth-order valence-corrected chi connectivity index (χ4v) is 2.38. The van der Waals surface area contributed by atoms with Crippen molar-refractivity contribution in [1.29, 1.82) is 0 Å². The first kappa shape index (κ1) is 14.1. The van der Waals surface area contributed by atoms with Crippen LogP contribution in [0.4, 0.5) is 0 Å². The summed E-state index contributed by atoms with van der Waals surface area (Å²) in [5.41, 5.74) is 0.763. The highest BCUT2D eigenvalue weighted by Crippen LogP contribution is 2.19. The first-order chi connectivity index (χ1) is 9.29. The number of hydrogen-bond donors (Lipinski definition) is 0. The van der Waals surface area contributed by atoms with Gasteiger partial charge in [0.1, 0.15) is 5.75 Å². The molecule has 3 nitrogen and oxygen atoms in total. The minimum atomic E-state index is 0.192. The summed E-state index contributed by atoms with van der Waals surface area (Å²) in [6.45, 7) is 3.44. The number of ketones is 1.